The number of nitrogens with zero attached hydrogens (tertiary/aromatic N) is 1. The third-order valence-electron chi connectivity index (χ3n) is 5.26. The van der Waals surface area contributed by atoms with Gasteiger partial charge in [-0.15, -0.1) is 11.3 Å². The van der Waals surface area contributed by atoms with Crippen molar-refractivity contribution in [1.29, 1.82) is 0 Å². The zero-order valence-electron chi connectivity index (χ0n) is 17.9. The lowest BCUT2D eigenvalue weighted by molar-refractivity contribution is -0.0411. The fourth-order valence-corrected chi connectivity index (χ4v) is 6.21. The largest absolute Gasteiger partial charge is 0.366 e. The summed E-state index contributed by atoms with van der Waals surface area (Å²) in [4.78, 5) is 24.5. The van der Waals surface area contributed by atoms with Crippen molar-refractivity contribution < 1.29 is 26.8 Å². The summed E-state index contributed by atoms with van der Waals surface area (Å²) in [5.74, 6) is -4.34. The van der Waals surface area contributed by atoms with E-state index < -0.39 is 40.6 Å². The molecule has 2 heterocycles. The highest BCUT2D eigenvalue weighted by Crippen LogP contribution is 2.36. The summed E-state index contributed by atoms with van der Waals surface area (Å²) in [6, 6.07) is 7.99. The second kappa shape index (κ2) is 8.53. The maximum absolute atomic E-state index is 13.4. The molecule has 0 unspecified atom stereocenters. The first-order chi connectivity index (χ1) is 14.7. The molecule has 2 amide bonds. The molecule has 1 fully saturated rings. The number of carbonyl (C=O) groups excluding carboxylic acids is 2. The molecule has 1 aromatic carbocycles. The van der Waals surface area contributed by atoms with E-state index in [0.717, 1.165) is 15.9 Å². The van der Waals surface area contributed by atoms with Crippen LogP contribution in [0.15, 0.2) is 34.5 Å². The second-order valence-electron chi connectivity index (χ2n) is 8.71. The molecule has 0 spiro atoms. The number of rotatable bonds is 5. The van der Waals surface area contributed by atoms with Gasteiger partial charge in [-0.3, -0.25) is 9.59 Å². The molecule has 3 rings (SSSR count). The van der Waals surface area contributed by atoms with Crippen molar-refractivity contribution in [1.82, 2.24) is 4.31 Å². The normalized spacial score (nSPS) is 17.2. The number of amides is 2. The molecule has 1 aliphatic rings. The zero-order valence-corrected chi connectivity index (χ0v) is 19.6. The van der Waals surface area contributed by atoms with Gasteiger partial charge in [0.25, 0.3) is 27.8 Å². The van der Waals surface area contributed by atoms with E-state index in [0.29, 0.717) is 16.9 Å². The maximum atomic E-state index is 13.4. The number of hydrogen-bond donors (Lipinski definition) is 2. The Kier molecular flexibility index (Phi) is 6.47. The summed E-state index contributed by atoms with van der Waals surface area (Å²) in [5, 5.41) is 2.54. The second-order valence-corrected chi connectivity index (χ2v) is 11.9. The first-order valence-electron chi connectivity index (χ1n) is 9.94. The van der Waals surface area contributed by atoms with Gasteiger partial charge >= 0.3 is 0 Å². The Labute approximate surface area is 189 Å². The fourth-order valence-electron chi connectivity index (χ4n) is 3.25. The van der Waals surface area contributed by atoms with Crippen molar-refractivity contribution in [3.05, 3.63) is 47.0 Å². The van der Waals surface area contributed by atoms with E-state index in [1.54, 1.807) is 12.1 Å². The number of benzene rings is 1. The number of primary amides is 1. The van der Waals surface area contributed by atoms with Gasteiger partial charge < -0.3 is 11.1 Å². The molecule has 0 radical (unpaired) electrons. The Balaban J connectivity index is 1.85. The molecule has 7 nitrogen and oxygen atoms in total. The van der Waals surface area contributed by atoms with E-state index in [9.17, 15) is 26.8 Å². The molecule has 0 saturated carbocycles. The zero-order chi connectivity index (χ0) is 23.9. The number of piperidine rings is 1. The minimum absolute atomic E-state index is 0.0108. The Morgan fingerprint density at radius 1 is 1.12 bits per heavy atom. The number of alkyl halides is 2. The van der Waals surface area contributed by atoms with Crippen LogP contribution in [0, 0.1) is 0 Å². The molecule has 0 atom stereocenters. The molecule has 3 N–H and O–H groups in total. The first-order valence-corrected chi connectivity index (χ1v) is 12.2. The lowest BCUT2D eigenvalue weighted by Crippen LogP contribution is -2.42. The number of hydrogen-bond acceptors (Lipinski definition) is 5. The van der Waals surface area contributed by atoms with Crippen LogP contribution in [0.1, 0.15) is 59.9 Å². The van der Waals surface area contributed by atoms with E-state index in [4.69, 9.17) is 5.73 Å². The third kappa shape index (κ3) is 5.16. The first kappa shape index (κ1) is 24.3. The number of thiophene rings is 1. The average Bonchev–Trinajstić information content (AvgIpc) is 3.12. The van der Waals surface area contributed by atoms with Crippen LogP contribution < -0.4 is 11.1 Å². The summed E-state index contributed by atoms with van der Waals surface area (Å²) in [5.41, 5.74) is 6.48. The van der Waals surface area contributed by atoms with Crippen molar-refractivity contribution in [2.75, 3.05) is 18.4 Å². The van der Waals surface area contributed by atoms with Gasteiger partial charge in [0, 0.05) is 31.5 Å². The number of nitrogens with two attached hydrogens (primary N) is 1. The quantitative estimate of drug-likeness (QED) is 0.671. The van der Waals surface area contributed by atoms with Gasteiger partial charge in [0.05, 0.1) is 5.56 Å². The molecule has 2 aromatic rings. The molecule has 1 aliphatic heterocycles. The molecule has 174 valence electrons. The Hall–Kier alpha value is -2.37. The topological polar surface area (TPSA) is 110 Å². The highest BCUT2D eigenvalue weighted by molar-refractivity contribution is 7.91. The molecule has 0 bridgehead atoms. The minimum Gasteiger partial charge on any atom is -0.366 e. The number of sulfonamides is 1. The predicted octanol–water partition coefficient (Wildman–Crippen LogP) is 3.82. The summed E-state index contributed by atoms with van der Waals surface area (Å²) in [7, 11) is -4.11. The molecule has 32 heavy (non-hydrogen) atoms. The van der Waals surface area contributed by atoms with Crippen LogP contribution >= 0.6 is 11.3 Å². The standard InChI is InChI=1S/C21H25F2N3O4S2/c1-20(2,3)14-6-4-13(5-7-14)18(28)25-19-15(17(24)27)12-16(31-19)32(29,30)26-10-8-21(22,23)9-11-26/h4-7,12H,8-11H2,1-3H3,(H2,24,27)(H,25,28). The van der Waals surface area contributed by atoms with E-state index >= 15 is 0 Å². The number of anilines is 1. The Bertz CT molecular complexity index is 1130. The molecular formula is C21H25F2N3O4S2. The van der Waals surface area contributed by atoms with Gasteiger partial charge in [0.1, 0.15) is 9.21 Å². The van der Waals surface area contributed by atoms with Gasteiger partial charge in [-0.1, -0.05) is 32.9 Å². The van der Waals surface area contributed by atoms with Gasteiger partial charge in [0.2, 0.25) is 0 Å². The van der Waals surface area contributed by atoms with Crippen molar-refractivity contribution in [3.8, 4) is 0 Å². The molecule has 1 saturated heterocycles. The molecule has 1 aromatic heterocycles. The van der Waals surface area contributed by atoms with E-state index in [1.165, 1.54) is 0 Å². The van der Waals surface area contributed by atoms with Crippen LogP contribution in [0.25, 0.3) is 0 Å². The highest BCUT2D eigenvalue weighted by atomic mass is 32.2. The number of halogens is 2. The highest BCUT2D eigenvalue weighted by Gasteiger charge is 2.39. The van der Waals surface area contributed by atoms with Crippen LogP contribution in [0.2, 0.25) is 0 Å². The molecule has 11 heteroatoms. The van der Waals surface area contributed by atoms with Gasteiger partial charge in [-0.05, 0) is 29.2 Å². The van der Waals surface area contributed by atoms with E-state index in [1.807, 2.05) is 32.9 Å². The summed E-state index contributed by atoms with van der Waals surface area (Å²) >= 11 is 0.669. The third-order valence-corrected chi connectivity index (χ3v) is 8.66. The minimum atomic E-state index is -4.11. The summed E-state index contributed by atoms with van der Waals surface area (Å²) in [6.07, 6.45) is -1.15. The van der Waals surface area contributed by atoms with Crippen LogP contribution in [-0.2, 0) is 15.4 Å². The van der Waals surface area contributed by atoms with Crippen LogP contribution in [0.4, 0.5) is 13.8 Å². The van der Waals surface area contributed by atoms with E-state index in [2.05, 4.69) is 5.32 Å². The van der Waals surface area contributed by atoms with Crippen molar-refractivity contribution >= 4 is 38.2 Å². The fraction of sp³-hybridized carbons (Fsp3) is 0.429. The summed E-state index contributed by atoms with van der Waals surface area (Å²) in [6.45, 7) is 5.46. The Morgan fingerprint density at radius 2 is 1.69 bits per heavy atom. The van der Waals surface area contributed by atoms with Gasteiger partial charge in [-0.2, -0.15) is 4.31 Å². The average molecular weight is 486 g/mol. The van der Waals surface area contributed by atoms with Crippen molar-refractivity contribution in [2.45, 2.75) is 49.2 Å². The lowest BCUT2D eigenvalue weighted by Gasteiger charge is -2.30. The maximum Gasteiger partial charge on any atom is 0.256 e. The van der Waals surface area contributed by atoms with Gasteiger partial charge in [0.15, 0.2) is 0 Å². The van der Waals surface area contributed by atoms with Gasteiger partial charge in [-0.25, -0.2) is 17.2 Å². The van der Waals surface area contributed by atoms with E-state index in [-0.39, 0.29) is 33.3 Å². The predicted molar refractivity (Wildman–Crippen MR) is 119 cm³/mol. The molecule has 0 aliphatic carbocycles. The Morgan fingerprint density at radius 3 is 2.19 bits per heavy atom. The number of nitrogens with one attached hydrogen (secondary N) is 1. The SMILES string of the molecule is CC(C)(C)c1ccc(C(=O)Nc2sc(S(=O)(=O)N3CCC(F)(F)CC3)cc2C(N)=O)cc1. The van der Waals surface area contributed by atoms with Crippen molar-refractivity contribution in [2.24, 2.45) is 5.73 Å². The molecular weight excluding hydrogens is 460 g/mol. The van der Waals surface area contributed by atoms with Crippen LogP contribution in [0.5, 0.6) is 0 Å². The smallest absolute Gasteiger partial charge is 0.256 e. The summed E-state index contributed by atoms with van der Waals surface area (Å²) < 4.78 is 53.3. The number of carbonyl (C=O) groups is 2. The van der Waals surface area contributed by atoms with Crippen LogP contribution in [0.3, 0.4) is 0 Å². The lowest BCUT2D eigenvalue weighted by atomic mass is 9.87. The van der Waals surface area contributed by atoms with Crippen LogP contribution in [-0.4, -0.2) is 43.5 Å². The monoisotopic (exact) mass is 485 g/mol. The van der Waals surface area contributed by atoms with Crippen molar-refractivity contribution in [3.63, 3.8) is 0 Å².